The number of carbonyl (C=O) groups is 2. The quantitative estimate of drug-likeness (QED) is 0.689. The molecule has 0 radical (unpaired) electrons. The van der Waals surface area contributed by atoms with Crippen LogP contribution in [0.4, 0.5) is 0 Å². The van der Waals surface area contributed by atoms with Crippen molar-refractivity contribution in [2.45, 2.75) is 53.1 Å². The zero-order valence-corrected chi connectivity index (χ0v) is 11.5. The highest BCUT2D eigenvalue weighted by atomic mass is 16.4. The molecule has 0 heterocycles. The normalized spacial score (nSPS) is 14.2. The summed E-state index contributed by atoms with van der Waals surface area (Å²) in [7, 11) is 0. The van der Waals surface area contributed by atoms with Crippen molar-refractivity contribution in [3.05, 3.63) is 0 Å². The monoisotopic (exact) mass is 244 g/mol. The van der Waals surface area contributed by atoms with Crippen LogP contribution in [0.5, 0.6) is 0 Å². The molecular formula is C12H24N2O3. The van der Waals surface area contributed by atoms with Crippen molar-refractivity contribution in [1.82, 2.24) is 10.6 Å². The van der Waals surface area contributed by atoms with Gasteiger partial charge in [0.05, 0.1) is 6.54 Å². The van der Waals surface area contributed by atoms with Crippen molar-refractivity contribution < 1.29 is 14.7 Å². The molecule has 0 aliphatic carbocycles. The minimum absolute atomic E-state index is 0.114. The first-order chi connectivity index (χ1) is 7.43. The molecule has 1 amide bonds. The van der Waals surface area contributed by atoms with Crippen LogP contribution in [-0.2, 0) is 9.59 Å². The average molecular weight is 244 g/mol. The van der Waals surface area contributed by atoms with Gasteiger partial charge in [-0.15, -0.1) is 0 Å². The number of aliphatic carboxylic acids is 1. The van der Waals surface area contributed by atoms with Gasteiger partial charge in [-0.3, -0.25) is 4.79 Å². The first-order valence-corrected chi connectivity index (χ1v) is 5.70. The Balaban J connectivity index is 4.39. The van der Waals surface area contributed by atoms with Gasteiger partial charge in [0.25, 0.3) is 0 Å². The van der Waals surface area contributed by atoms with E-state index in [2.05, 4.69) is 10.6 Å². The second-order valence-corrected chi connectivity index (χ2v) is 6.31. The van der Waals surface area contributed by atoms with Crippen LogP contribution in [0.25, 0.3) is 0 Å². The van der Waals surface area contributed by atoms with Crippen LogP contribution in [0, 0.1) is 5.41 Å². The average Bonchev–Trinajstić information content (AvgIpc) is 2.07. The standard InChI is InChI=1S/C12H24N2O3/c1-11(2,3)9(10(16)17)14-8(15)7-13-12(4,5)6/h9,13H,7H2,1-6H3,(H,14,15)(H,16,17)/t9-/m1/s1. The molecule has 0 unspecified atom stereocenters. The zero-order chi connectivity index (χ0) is 13.9. The lowest BCUT2D eigenvalue weighted by atomic mass is 9.87. The molecule has 0 aromatic rings. The van der Waals surface area contributed by atoms with Gasteiger partial charge in [-0.25, -0.2) is 4.79 Å². The van der Waals surface area contributed by atoms with E-state index >= 15 is 0 Å². The van der Waals surface area contributed by atoms with Gasteiger partial charge in [0.1, 0.15) is 6.04 Å². The maximum absolute atomic E-state index is 11.6. The minimum Gasteiger partial charge on any atom is -0.480 e. The highest BCUT2D eigenvalue weighted by molar-refractivity contribution is 5.85. The molecule has 0 fully saturated rings. The molecule has 17 heavy (non-hydrogen) atoms. The van der Waals surface area contributed by atoms with E-state index in [-0.39, 0.29) is 18.0 Å². The molecule has 0 aliphatic heterocycles. The van der Waals surface area contributed by atoms with Crippen molar-refractivity contribution in [3.63, 3.8) is 0 Å². The Morgan fingerprint density at radius 2 is 1.59 bits per heavy atom. The topological polar surface area (TPSA) is 78.4 Å². The second-order valence-electron chi connectivity index (χ2n) is 6.31. The van der Waals surface area contributed by atoms with Gasteiger partial charge in [-0.05, 0) is 26.2 Å². The molecule has 0 aliphatic rings. The number of nitrogens with one attached hydrogen (secondary N) is 2. The Hall–Kier alpha value is -1.10. The van der Waals surface area contributed by atoms with Crippen molar-refractivity contribution in [1.29, 1.82) is 0 Å². The molecular weight excluding hydrogens is 220 g/mol. The van der Waals surface area contributed by atoms with Crippen LogP contribution in [-0.4, -0.2) is 35.1 Å². The fourth-order valence-corrected chi connectivity index (χ4v) is 1.21. The number of carboxylic acids is 1. The lowest BCUT2D eigenvalue weighted by Crippen LogP contribution is -2.52. The molecule has 0 aromatic heterocycles. The van der Waals surface area contributed by atoms with E-state index in [0.29, 0.717) is 0 Å². The first-order valence-electron chi connectivity index (χ1n) is 5.70. The smallest absolute Gasteiger partial charge is 0.326 e. The number of rotatable bonds is 4. The summed E-state index contributed by atoms with van der Waals surface area (Å²) in [6.07, 6.45) is 0. The lowest BCUT2D eigenvalue weighted by Gasteiger charge is -2.28. The number of hydrogen-bond donors (Lipinski definition) is 3. The second kappa shape index (κ2) is 5.49. The largest absolute Gasteiger partial charge is 0.480 e. The van der Waals surface area contributed by atoms with Gasteiger partial charge in [0, 0.05) is 5.54 Å². The fraction of sp³-hybridized carbons (Fsp3) is 0.833. The molecule has 0 saturated carbocycles. The maximum Gasteiger partial charge on any atom is 0.326 e. The summed E-state index contributed by atoms with van der Waals surface area (Å²) in [6, 6.07) is -0.878. The summed E-state index contributed by atoms with van der Waals surface area (Å²) in [5.74, 6) is -1.32. The summed E-state index contributed by atoms with van der Waals surface area (Å²) < 4.78 is 0. The van der Waals surface area contributed by atoms with Gasteiger partial charge in [0.2, 0.25) is 5.91 Å². The lowest BCUT2D eigenvalue weighted by molar-refractivity contribution is -0.144. The summed E-state index contributed by atoms with van der Waals surface area (Å²) >= 11 is 0. The number of carboxylic acid groups (broad SMARTS) is 1. The third-order valence-electron chi connectivity index (χ3n) is 2.20. The molecule has 0 saturated heterocycles. The maximum atomic E-state index is 11.6. The third kappa shape index (κ3) is 6.94. The molecule has 0 rings (SSSR count). The predicted octanol–water partition coefficient (Wildman–Crippen LogP) is 0.990. The summed E-state index contributed by atoms with van der Waals surface area (Å²) in [6.45, 7) is 11.3. The number of carbonyl (C=O) groups excluding carboxylic acids is 1. The molecule has 3 N–H and O–H groups in total. The van der Waals surface area contributed by atoms with Crippen LogP contribution in [0.1, 0.15) is 41.5 Å². The van der Waals surface area contributed by atoms with Crippen molar-refractivity contribution in [2.75, 3.05) is 6.54 Å². The third-order valence-corrected chi connectivity index (χ3v) is 2.20. The Morgan fingerprint density at radius 3 is 1.88 bits per heavy atom. The Morgan fingerprint density at radius 1 is 1.12 bits per heavy atom. The van der Waals surface area contributed by atoms with Crippen molar-refractivity contribution >= 4 is 11.9 Å². The van der Waals surface area contributed by atoms with Crippen LogP contribution < -0.4 is 10.6 Å². The van der Waals surface area contributed by atoms with Gasteiger partial charge in [-0.1, -0.05) is 20.8 Å². The summed E-state index contributed by atoms with van der Waals surface area (Å²) in [5.41, 5.74) is -0.680. The Bertz CT molecular complexity index is 287. The van der Waals surface area contributed by atoms with Crippen molar-refractivity contribution in [3.8, 4) is 0 Å². The molecule has 0 bridgehead atoms. The van der Waals surface area contributed by atoms with Gasteiger partial charge < -0.3 is 15.7 Å². The minimum atomic E-state index is -1.01. The summed E-state index contributed by atoms with van der Waals surface area (Å²) in [5, 5.41) is 14.6. The summed E-state index contributed by atoms with van der Waals surface area (Å²) in [4.78, 5) is 22.7. The van der Waals surface area contributed by atoms with Crippen LogP contribution in [0.3, 0.4) is 0 Å². The Labute approximate surface area is 103 Å². The molecule has 5 heteroatoms. The fourth-order valence-electron chi connectivity index (χ4n) is 1.21. The van der Waals surface area contributed by atoms with E-state index in [9.17, 15) is 9.59 Å². The van der Waals surface area contributed by atoms with Crippen LogP contribution in [0.15, 0.2) is 0 Å². The Kier molecular flexibility index (Phi) is 5.13. The van der Waals surface area contributed by atoms with E-state index in [1.165, 1.54) is 0 Å². The molecule has 1 atom stereocenters. The SMILES string of the molecule is CC(C)(C)NCC(=O)N[C@H](C(=O)O)C(C)(C)C. The van der Waals surface area contributed by atoms with E-state index in [1.54, 1.807) is 20.8 Å². The van der Waals surface area contributed by atoms with Crippen molar-refractivity contribution in [2.24, 2.45) is 5.41 Å². The van der Waals surface area contributed by atoms with E-state index < -0.39 is 17.4 Å². The predicted molar refractivity (Wildman–Crippen MR) is 66.8 cm³/mol. The van der Waals surface area contributed by atoms with Gasteiger partial charge >= 0.3 is 5.97 Å². The van der Waals surface area contributed by atoms with Crippen LogP contribution >= 0.6 is 0 Å². The van der Waals surface area contributed by atoms with E-state index in [0.717, 1.165) is 0 Å². The van der Waals surface area contributed by atoms with E-state index in [4.69, 9.17) is 5.11 Å². The van der Waals surface area contributed by atoms with Crippen LogP contribution in [0.2, 0.25) is 0 Å². The van der Waals surface area contributed by atoms with Gasteiger partial charge in [-0.2, -0.15) is 0 Å². The number of amides is 1. The number of hydrogen-bond acceptors (Lipinski definition) is 3. The van der Waals surface area contributed by atoms with E-state index in [1.807, 2.05) is 20.8 Å². The molecule has 0 spiro atoms. The zero-order valence-electron chi connectivity index (χ0n) is 11.5. The molecule has 5 nitrogen and oxygen atoms in total. The molecule has 100 valence electrons. The molecule has 0 aromatic carbocycles. The van der Waals surface area contributed by atoms with Gasteiger partial charge in [0.15, 0.2) is 0 Å². The first kappa shape index (κ1) is 15.9. The highest BCUT2D eigenvalue weighted by Gasteiger charge is 2.32. The highest BCUT2D eigenvalue weighted by Crippen LogP contribution is 2.19.